The average molecular weight is 496 g/mol. The van der Waals surface area contributed by atoms with Gasteiger partial charge >= 0.3 is 0 Å². The summed E-state index contributed by atoms with van der Waals surface area (Å²) in [6.45, 7) is 6.75. The number of anilines is 1. The Labute approximate surface area is 215 Å². The van der Waals surface area contributed by atoms with Crippen molar-refractivity contribution in [2.24, 2.45) is 11.3 Å². The van der Waals surface area contributed by atoms with E-state index in [0.29, 0.717) is 16.0 Å². The molecule has 0 N–H and O–H groups in total. The number of benzene rings is 2. The number of amides is 2. The molecule has 6 heteroatoms. The van der Waals surface area contributed by atoms with Crippen LogP contribution in [0.25, 0.3) is 0 Å². The van der Waals surface area contributed by atoms with Crippen molar-refractivity contribution in [2.45, 2.75) is 44.9 Å². The third kappa shape index (κ3) is 5.20. The van der Waals surface area contributed by atoms with Crippen molar-refractivity contribution in [3.8, 4) is 0 Å². The van der Waals surface area contributed by atoms with Gasteiger partial charge in [0, 0.05) is 46.5 Å². The Balaban J connectivity index is 1.28. The number of hydrogen-bond donors (Lipinski definition) is 0. The Bertz CT molecular complexity index is 1070. The van der Waals surface area contributed by atoms with Crippen LogP contribution in [0.4, 0.5) is 5.69 Å². The largest absolute Gasteiger partial charge is 0.375 e. The van der Waals surface area contributed by atoms with Gasteiger partial charge in [-0.25, -0.2) is 0 Å². The maximum Gasteiger partial charge on any atom is 0.254 e. The van der Waals surface area contributed by atoms with E-state index in [-0.39, 0.29) is 11.8 Å². The summed E-state index contributed by atoms with van der Waals surface area (Å²) < 4.78 is 0. The van der Waals surface area contributed by atoms with Gasteiger partial charge < -0.3 is 14.7 Å². The standard InChI is InChI=1S/C29H38ClN3O2/c1-28(2,21-9-7-6-8-10-21)27(35)33-17-14-29(15-18-33)20-22(29)13-16-32(5)23-11-12-24(25(30)19-23)26(34)31(3)4/h6-12,19,22H,13-18,20H2,1-5H3/t22-/m1/s1. The molecule has 1 spiro atoms. The summed E-state index contributed by atoms with van der Waals surface area (Å²) >= 11 is 6.41. The van der Waals surface area contributed by atoms with E-state index in [1.807, 2.05) is 50.2 Å². The van der Waals surface area contributed by atoms with E-state index in [4.69, 9.17) is 11.6 Å². The van der Waals surface area contributed by atoms with Gasteiger partial charge in [-0.15, -0.1) is 0 Å². The summed E-state index contributed by atoms with van der Waals surface area (Å²) in [4.78, 5) is 31.4. The Kier molecular flexibility index (Phi) is 7.19. The topological polar surface area (TPSA) is 43.9 Å². The van der Waals surface area contributed by atoms with Gasteiger partial charge in [0.05, 0.1) is 16.0 Å². The Morgan fingerprint density at radius 3 is 2.31 bits per heavy atom. The molecule has 2 fully saturated rings. The molecule has 5 nitrogen and oxygen atoms in total. The highest BCUT2D eigenvalue weighted by atomic mass is 35.5. The highest BCUT2D eigenvalue weighted by Crippen LogP contribution is 2.61. The highest BCUT2D eigenvalue weighted by Gasteiger charge is 2.54. The second-order valence-electron chi connectivity index (χ2n) is 11.1. The molecule has 2 amide bonds. The fraction of sp³-hybridized carbons (Fsp3) is 0.517. The molecule has 0 bridgehead atoms. The third-order valence-electron chi connectivity index (χ3n) is 8.28. The van der Waals surface area contributed by atoms with Gasteiger partial charge in [-0.2, -0.15) is 0 Å². The van der Waals surface area contributed by atoms with Crippen LogP contribution in [-0.2, 0) is 10.2 Å². The molecule has 0 radical (unpaired) electrons. The predicted octanol–water partition coefficient (Wildman–Crippen LogP) is 5.47. The van der Waals surface area contributed by atoms with Gasteiger partial charge in [-0.1, -0.05) is 41.9 Å². The van der Waals surface area contributed by atoms with Crippen molar-refractivity contribution in [2.75, 3.05) is 45.7 Å². The minimum absolute atomic E-state index is 0.0823. The van der Waals surface area contributed by atoms with Crippen molar-refractivity contribution < 1.29 is 9.59 Å². The third-order valence-corrected chi connectivity index (χ3v) is 8.59. The monoisotopic (exact) mass is 495 g/mol. The average Bonchev–Trinajstić information content (AvgIpc) is 3.53. The van der Waals surface area contributed by atoms with Crippen LogP contribution in [-0.4, -0.2) is 62.4 Å². The maximum absolute atomic E-state index is 13.3. The van der Waals surface area contributed by atoms with Crippen LogP contribution in [0, 0.1) is 11.3 Å². The lowest BCUT2D eigenvalue weighted by molar-refractivity contribution is -0.138. The summed E-state index contributed by atoms with van der Waals surface area (Å²) in [6, 6.07) is 15.8. The van der Waals surface area contributed by atoms with Crippen LogP contribution in [0.15, 0.2) is 48.5 Å². The molecule has 1 aliphatic heterocycles. The number of piperidine rings is 1. The second-order valence-corrected chi connectivity index (χ2v) is 11.5. The lowest BCUT2D eigenvalue weighted by Crippen LogP contribution is -2.47. The normalized spacial score (nSPS) is 18.9. The second kappa shape index (κ2) is 9.85. The molecule has 188 valence electrons. The number of carbonyl (C=O) groups excluding carboxylic acids is 2. The van der Waals surface area contributed by atoms with Crippen molar-refractivity contribution in [1.82, 2.24) is 9.80 Å². The van der Waals surface area contributed by atoms with E-state index in [2.05, 4.69) is 29.0 Å². The number of carbonyl (C=O) groups is 2. The molecule has 35 heavy (non-hydrogen) atoms. The van der Waals surface area contributed by atoms with Crippen molar-refractivity contribution >= 4 is 29.1 Å². The summed E-state index contributed by atoms with van der Waals surface area (Å²) in [6.07, 6.45) is 4.61. The first-order valence-electron chi connectivity index (χ1n) is 12.6. The number of nitrogens with zero attached hydrogens (tertiary/aromatic N) is 3. The Hall–Kier alpha value is -2.53. The van der Waals surface area contributed by atoms with E-state index in [0.717, 1.165) is 56.1 Å². The quantitative estimate of drug-likeness (QED) is 0.511. The predicted molar refractivity (Wildman–Crippen MR) is 143 cm³/mol. The molecule has 2 aromatic carbocycles. The minimum atomic E-state index is -0.495. The summed E-state index contributed by atoms with van der Waals surface area (Å²) in [7, 11) is 5.55. The van der Waals surface area contributed by atoms with E-state index >= 15 is 0 Å². The zero-order valence-corrected chi connectivity index (χ0v) is 22.4. The van der Waals surface area contributed by atoms with E-state index in [9.17, 15) is 9.59 Å². The molecule has 0 aromatic heterocycles. The smallest absolute Gasteiger partial charge is 0.254 e. The molecule has 1 atom stereocenters. The lowest BCUT2D eigenvalue weighted by Gasteiger charge is -2.38. The van der Waals surface area contributed by atoms with Crippen molar-refractivity contribution in [3.63, 3.8) is 0 Å². The van der Waals surface area contributed by atoms with E-state index in [1.165, 1.54) is 6.42 Å². The van der Waals surface area contributed by atoms with E-state index < -0.39 is 5.41 Å². The highest BCUT2D eigenvalue weighted by molar-refractivity contribution is 6.34. The first-order chi connectivity index (χ1) is 16.5. The molecule has 1 saturated carbocycles. The zero-order valence-electron chi connectivity index (χ0n) is 21.7. The summed E-state index contributed by atoms with van der Waals surface area (Å²) in [5, 5.41) is 0.492. The van der Waals surface area contributed by atoms with Crippen LogP contribution in [0.2, 0.25) is 5.02 Å². The minimum Gasteiger partial charge on any atom is -0.375 e. The molecule has 2 aliphatic rings. The Morgan fingerprint density at radius 1 is 1.06 bits per heavy atom. The summed E-state index contributed by atoms with van der Waals surface area (Å²) in [5.41, 5.74) is 2.56. The van der Waals surface area contributed by atoms with Gasteiger partial charge in [0.15, 0.2) is 0 Å². The van der Waals surface area contributed by atoms with Crippen molar-refractivity contribution in [3.05, 3.63) is 64.7 Å². The van der Waals surface area contributed by atoms with Gasteiger partial charge in [0.1, 0.15) is 0 Å². The van der Waals surface area contributed by atoms with E-state index in [1.54, 1.807) is 19.0 Å². The fourth-order valence-electron chi connectivity index (χ4n) is 5.62. The summed E-state index contributed by atoms with van der Waals surface area (Å²) in [5.74, 6) is 0.874. The molecular formula is C29H38ClN3O2. The number of rotatable bonds is 7. The number of hydrogen-bond acceptors (Lipinski definition) is 3. The molecule has 1 aliphatic carbocycles. The van der Waals surface area contributed by atoms with Gasteiger partial charge in [-0.3, -0.25) is 9.59 Å². The zero-order chi connectivity index (χ0) is 25.4. The van der Waals surface area contributed by atoms with Gasteiger partial charge in [0.25, 0.3) is 5.91 Å². The molecule has 1 saturated heterocycles. The lowest BCUT2D eigenvalue weighted by atomic mass is 9.81. The van der Waals surface area contributed by atoms with Crippen LogP contribution < -0.4 is 4.90 Å². The molecular weight excluding hydrogens is 458 g/mol. The number of halogens is 1. The molecule has 2 aromatic rings. The van der Waals surface area contributed by atoms with Gasteiger partial charge in [-0.05, 0) is 74.6 Å². The Morgan fingerprint density at radius 2 is 1.71 bits per heavy atom. The first kappa shape index (κ1) is 25.6. The van der Waals surface area contributed by atoms with Crippen LogP contribution in [0.1, 0.15) is 55.5 Å². The molecule has 0 unspecified atom stereocenters. The fourth-order valence-corrected chi connectivity index (χ4v) is 5.87. The van der Waals surface area contributed by atoms with Crippen LogP contribution >= 0.6 is 11.6 Å². The van der Waals surface area contributed by atoms with Crippen LogP contribution in [0.5, 0.6) is 0 Å². The SMILES string of the molecule is CN(C)C(=O)c1ccc(N(C)CC[C@@H]2CC23CCN(C(=O)C(C)(C)c2ccccc2)CC3)cc1Cl. The number of likely N-dealkylation sites (tertiary alicyclic amines) is 1. The van der Waals surface area contributed by atoms with Crippen LogP contribution in [0.3, 0.4) is 0 Å². The molecule has 4 rings (SSSR count). The first-order valence-corrected chi connectivity index (χ1v) is 13.0. The van der Waals surface area contributed by atoms with Gasteiger partial charge in [0.2, 0.25) is 5.91 Å². The van der Waals surface area contributed by atoms with Crippen molar-refractivity contribution in [1.29, 1.82) is 0 Å². The maximum atomic E-state index is 13.3. The molecule has 1 heterocycles.